The number of para-hydroxylation sites is 2. The van der Waals surface area contributed by atoms with Gasteiger partial charge in [0.1, 0.15) is 0 Å². The van der Waals surface area contributed by atoms with E-state index >= 15 is 0 Å². The van der Waals surface area contributed by atoms with Crippen LogP contribution < -0.4 is 9.47 Å². The van der Waals surface area contributed by atoms with Crippen LogP contribution in [0.25, 0.3) is 0 Å². The van der Waals surface area contributed by atoms with E-state index in [0.29, 0.717) is 6.61 Å². The number of hydrogen-bond donors (Lipinski definition) is 0. The first-order chi connectivity index (χ1) is 7.13. The summed E-state index contributed by atoms with van der Waals surface area (Å²) < 4.78 is 11.4. The van der Waals surface area contributed by atoms with Crippen molar-refractivity contribution in [2.45, 2.75) is 20.0 Å². The molecule has 0 saturated heterocycles. The minimum Gasteiger partial charge on any atom is -0.489 e. The second-order valence-electron chi connectivity index (χ2n) is 4.39. The maximum atomic E-state index is 5.76. The first-order valence-corrected chi connectivity index (χ1v) is 4.98. The smallest absolute Gasteiger partial charge is 0.167 e. The zero-order valence-corrected chi connectivity index (χ0v) is 8.99. The third-order valence-electron chi connectivity index (χ3n) is 2.55. The van der Waals surface area contributed by atoms with Gasteiger partial charge in [0.25, 0.3) is 0 Å². The molecule has 1 aromatic carbocycles. The summed E-state index contributed by atoms with van der Waals surface area (Å²) in [7, 11) is 0. The SMILES string of the molecule is C#CC1Oc2ccccc2OCC1(C)C. The summed E-state index contributed by atoms with van der Waals surface area (Å²) in [4.78, 5) is 0. The van der Waals surface area contributed by atoms with Gasteiger partial charge in [-0.05, 0) is 12.1 Å². The largest absolute Gasteiger partial charge is 0.489 e. The molecular weight excluding hydrogens is 188 g/mol. The van der Waals surface area contributed by atoms with Gasteiger partial charge in [0.05, 0.1) is 6.61 Å². The highest BCUT2D eigenvalue weighted by atomic mass is 16.5. The fourth-order valence-corrected chi connectivity index (χ4v) is 1.55. The van der Waals surface area contributed by atoms with Gasteiger partial charge in [-0.3, -0.25) is 0 Å². The van der Waals surface area contributed by atoms with Gasteiger partial charge < -0.3 is 9.47 Å². The van der Waals surface area contributed by atoms with Gasteiger partial charge >= 0.3 is 0 Å². The molecule has 0 aromatic heterocycles. The van der Waals surface area contributed by atoms with Crippen LogP contribution in [0.4, 0.5) is 0 Å². The van der Waals surface area contributed by atoms with E-state index in [-0.39, 0.29) is 11.5 Å². The summed E-state index contributed by atoms with van der Waals surface area (Å²) in [5.74, 6) is 4.17. The van der Waals surface area contributed by atoms with E-state index in [9.17, 15) is 0 Å². The molecule has 1 aliphatic rings. The Morgan fingerprint density at radius 1 is 1.33 bits per heavy atom. The van der Waals surface area contributed by atoms with Crippen LogP contribution in [-0.2, 0) is 0 Å². The highest BCUT2D eigenvalue weighted by molar-refractivity contribution is 5.41. The van der Waals surface area contributed by atoms with Crippen LogP contribution in [0.15, 0.2) is 24.3 Å². The number of fused-ring (bicyclic) bond motifs is 1. The van der Waals surface area contributed by atoms with Crippen molar-refractivity contribution < 1.29 is 9.47 Å². The Morgan fingerprint density at radius 2 is 2.00 bits per heavy atom. The van der Waals surface area contributed by atoms with E-state index in [0.717, 1.165) is 11.5 Å². The lowest BCUT2D eigenvalue weighted by Crippen LogP contribution is -2.36. The van der Waals surface area contributed by atoms with Gasteiger partial charge in [0.15, 0.2) is 17.6 Å². The molecule has 1 aliphatic heterocycles. The summed E-state index contributed by atoms with van der Waals surface area (Å²) in [6, 6.07) is 7.60. The third kappa shape index (κ3) is 1.78. The molecule has 78 valence electrons. The van der Waals surface area contributed by atoms with Crippen molar-refractivity contribution in [2.24, 2.45) is 5.41 Å². The number of hydrogen-bond acceptors (Lipinski definition) is 2. The highest BCUT2D eigenvalue weighted by Crippen LogP contribution is 2.36. The Kier molecular flexibility index (Phi) is 2.32. The predicted octanol–water partition coefficient (Wildman–Crippen LogP) is 2.49. The van der Waals surface area contributed by atoms with Crippen molar-refractivity contribution in [2.75, 3.05) is 6.61 Å². The molecule has 15 heavy (non-hydrogen) atoms. The second-order valence-corrected chi connectivity index (χ2v) is 4.39. The highest BCUT2D eigenvalue weighted by Gasteiger charge is 2.34. The van der Waals surface area contributed by atoms with Crippen molar-refractivity contribution in [3.63, 3.8) is 0 Å². The van der Waals surface area contributed by atoms with Crippen molar-refractivity contribution in [3.8, 4) is 23.8 Å². The summed E-state index contributed by atoms with van der Waals surface area (Å²) in [6.45, 7) is 4.66. The van der Waals surface area contributed by atoms with Crippen LogP contribution in [0.1, 0.15) is 13.8 Å². The standard InChI is InChI=1S/C13H14O2/c1-4-12-13(2,3)9-14-10-7-5-6-8-11(10)15-12/h1,5-8,12H,9H2,2-3H3. The summed E-state index contributed by atoms with van der Waals surface area (Å²) in [5, 5.41) is 0. The second kappa shape index (κ2) is 3.51. The van der Waals surface area contributed by atoms with Gasteiger partial charge in [-0.15, -0.1) is 6.42 Å². The lowest BCUT2D eigenvalue weighted by Gasteiger charge is -2.26. The van der Waals surface area contributed by atoms with E-state index in [1.807, 2.05) is 38.1 Å². The van der Waals surface area contributed by atoms with E-state index in [1.54, 1.807) is 0 Å². The number of terminal acetylenes is 1. The molecule has 0 aliphatic carbocycles. The molecule has 0 spiro atoms. The molecule has 0 radical (unpaired) electrons. The fourth-order valence-electron chi connectivity index (χ4n) is 1.55. The molecular formula is C13H14O2. The van der Waals surface area contributed by atoms with Gasteiger partial charge in [-0.2, -0.15) is 0 Å². The molecule has 0 bridgehead atoms. The van der Waals surface area contributed by atoms with Gasteiger partial charge in [-0.1, -0.05) is 31.9 Å². The molecule has 1 heterocycles. The fraction of sp³-hybridized carbons (Fsp3) is 0.385. The molecule has 0 N–H and O–H groups in total. The molecule has 2 nitrogen and oxygen atoms in total. The van der Waals surface area contributed by atoms with Crippen LogP contribution in [-0.4, -0.2) is 12.7 Å². The van der Waals surface area contributed by atoms with Gasteiger partial charge in [0.2, 0.25) is 0 Å². The Labute approximate surface area is 90.2 Å². The van der Waals surface area contributed by atoms with Crippen molar-refractivity contribution >= 4 is 0 Å². The predicted molar refractivity (Wildman–Crippen MR) is 59.0 cm³/mol. The minimum atomic E-state index is -0.249. The van der Waals surface area contributed by atoms with E-state index in [4.69, 9.17) is 15.9 Å². The topological polar surface area (TPSA) is 18.5 Å². The summed E-state index contributed by atoms with van der Waals surface area (Å²) in [6.07, 6.45) is 5.23. The lowest BCUT2D eigenvalue weighted by molar-refractivity contribution is 0.0961. The molecule has 1 aromatic rings. The van der Waals surface area contributed by atoms with Crippen LogP contribution in [0, 0.1) is 17.8 Å². The molecule has 0 fully saturated rings. The van der Waals surface area contributed by atoms with Crippen LogP contribution in [0.2, 0.25) is 0 Å². The average Bonchev–Trinajstić information content (AvgIpc) is 2.36. The minimum absolute atomic E-state index is 0.173. The zero-order chi connectivity index (χ0) is 10.9. The van der Waals surface area contributed by atoms with Crippen molar-refractivity contribution in [1.29, 1.82) is 0 Å². The van der Waals surface area contributed by atoms with Crippen molar-refractivity contribution in [1.82, 2.24) is 0 Å². The first kappa shape index (κ1) is 9.92. The van der Waals surface area contributed by atoms with Crippen LogP contribution in [0.3, 0.4) is 0 Å². The monoisotopic (exact) mass is 202 g/mol. The zero-order valence-electron chi connectivity index (χ0n) is 8.99. The number of ether oxygens (including phenoxy) is 2. The van der Waals surface area contributed by atoms with E-state index in [2.05, 4.69) is 5.92 Å². The summed E-state index contributed by atoms with van der Waals surface area (Å²) >= 11 is 0. The Morgan fingerprint density at radius 3 is 2.67 bits per heavy atom. The summed E-state index contributed by atoms with van der Waals surface area (Å²) in [5.41, 5.74) is -0.173. The van der Waals surface area contributed by atoms with Gasteiger partial charge in [0, 0.05) is 5.41 Å². The number of benzene rings is 1. The molecule has 1 unspecified atom stereocenters. The van der Waals surface area contributed by atoms with Crippen molar-refractivity contribution in [3.05, 3.63) is 24.3 Å². The molecule has 2 heteroatoms. The molecule has 1 atom stereocenters. The van der Waals surface area contributed by atoms with E-state index in [1.165, 1.54) is 0 Å². The Bertz CT molecular complexity index is 401. The van der Waals surface area contributed by atoms with Crippen LogP contribution in [0.5, 0.6) is 11.5 Å². The lowest BCUT2D eigenvalue weighted by atomic mass is 9.88. The first-order valence-electron chi connectivity index (χ1n) is 4.98. The maximum absolute atomic E-state index is 5.76. The average molecular weight is 202 g/mol. The Hall–Kier alpha value is -1.62. The third-order valence-corrected chi connectivity index (χ3v) is 2.55. The normalized spacial score (nSPS) is 22.6. The maximum Gasteiger partial charge on any atom is 0.167 e. The van der Waals surface area contributed by atoms with Gasteiger partial charge in [-0.25, -0.2) is 0 Å². The molecule has 0 amide bonds. The van der Waals surface area contributed by atoms with Crippen LogP contribution >= 0.6 is 0 Å². The quantitative estimate of drug-likeness (QED) is 0.602. The van der Waals surface area contributed by atoms with E-state index < -0.39 is 0 Å². The Balaban J connectivity index is 2.37. The molecule has 2 rings (SSSR count). The number of rotatable bonds is 0. The molecule has 0 saturated carbocycles.